The number of carbonyl (C=O) groups is 1. The molecular formula is C24H33N3O5S. The average molecular weight is 476 g/mol. The van der Waals surface area contributed by atoms with Gasteiger partial charge in [0.1, 0.15) is 11.8 Å². The van der Waals surface area contributed by atoms with Crippen molar-refractivity contribution in [2.24, 2.45) is 0 Å². The second kappa shape index (κ2) is 11.5. The number of morpholine rings is 1. The van der Waals surface area contributed by atoms with Gasteiger partial charge in [-0.2, -0.15) is 0 Å². The van der Waals surface area contributed by atoms with E-state index in [4.69, 9.17) is 9.47 Å². The van der Waals surface area contributed by atoms with E-state index in [0.717, 1.165) is 49.0 Å². The van der Waals surface area contributed by atoms with Crippen molar-refractivity contribution in [1.29, 1.82) is 0 Å². The third-order valence-corrected chi connectivity index (χ3v) is 6.82. The Bertz CT molecular complexity index is 1020. The third-order valence-electron chi connectivity index (χ3n) is 5.64. The van der Waals surface area contributed by atoms with Crippen molar-refractivity contribution in [1.82, 2.24) is 10.2 Å². The lowest BCUT2D eigenvalue weighted by molar-refractivity contribution is -0.122. The van der Waals surface area contributed by atoms with E-state index in [0.29, 0.717) is 24.4 Å². The molecule has 1 unspecified atom stereocenters. The Kier molecular flexibility index (Phi) is 8.71. The number of rotatable bonds is 10. The molecule has 180 valence electrons. The fraction of sp³-hybridized carbons (Fsp3) is 0.458. The number of benzene rings is 2. The van der Waals surface area contributed by atoms with E-state index < -0.39 is 16.1 Å². The van der Waals surface area contributed by atoms with E-state index in [1.807, 2.05) is 12.1 Å². The van der Waals surface area contributed by atoms with Crippen LogP contribution < -0.4 is 14.4 Å². The molecule has 1 aliphatic rings. The van der Waals surface area contributed by atoms with Gasteiger partial charge in [-0.1, -0.05) is 37.3 Å². The maximum absolute atomic E-state index is 13.0. The van der Waals surface area contributed by atoms with Gasteiger partial charge in [0.2, 0.25) is 15.9 Å². The van der Waals surface area contributed by atoms with Gasteiger partial charge in [0, 0.05) is 32.2 Å². The summed E-state index contributed by atoms with van der Waals surface area (Å²) in [5.41, 5.74) is 2.56. The number of sulfonamides is 1. The number of anilines is 1. The fourth-order valence-electron chi connectivity index (χ4n) is 3.89. The molecule has 1 aliphatic heterocycles. The largest absolute Gasteiger partial charge is 0.497 e. The van der Waals surface area contributed by atoms with Crippen molar-refractivity contribution in [2.45, 2.75) is 32.5 Å². The highest BCUT2D eigenvalue weighted by Gasteiger charge is 2.31. The van der Waals surface area contributed by atoms with Crippen molar-refractivity contribution in [3.63, 3.8) is 0 Å². The van der Waals surface area contributed by atoms with Crippen molar-refractivity contribution in [2.75, 3.05) is 44.0 Å². The lowest BCUT2D eigenvalue weighted by Gasteiger charge is -2.30. The van der Waals surface area contributed by atoms with Crippen LogP contribution in [-0.4, -0.2) is 64.9 Å². The van der Waals surface area contributed by atoms with Gasteiger partial charge in [0.05, 0.1) is 32.3 Å². The van der Waals surface area contributed by atoms with Crippen LogP contribution in [0.5, 0.6) is 5.75 Å². The first-order chi connectivity index (χ1) is 15.8. The highest BCUT2D eigenvalue weighted by atomic mass is 32.2. The number of methoxy groups -OCH3 is 1. The molecule has 1 atom stereocenters. The maximum Gasteiger partial charge on any atom is 0.244 e. The Morgan fingerprint density at radius 1 is 1.15 bits per heavy atom. The van der Waals surface area contributed by atoms with E-state index in [2.05, 4.69) is 22.3 Å². The van der Waals surface area contributed by atoms with Gasteiger partial charge >= 0.3 is 0 Å². The average Bonchev–Trinajstić information content (AvgIpc) is 2.81. The number of hydrogen-bond donors (Lipinski definition) is 1. The first kappa shape index (κ1) is 25.0. The highest BCUT2D eigenvalue weighted by molar-refractivity contribution is 7.92. The monoisotopic (exact) mass is 475 g/mol. The van der Waals surface area contributed by atoms with Gasteiger partial charge < -0.3 is 14.8 Å². The molecule has 1 heterocycles. The summed E-state index contributed by atoms with van der Waals surface area (Å²) in [4.78, 5) is 15.4. The van der Waals surface area contributed by atoms with Crippen molar-refractivity contribution >= 4 is 21.6 Å². The second-order valence-corrected chi connectivity index (χ2v) is 9.97. The van der Waals surface area contributed by atoms with Crippen molar-refractivity contribution < 1.29 is 22.7 Å². The van der Waals surface area contributed by atoms with E-state index in [9.17, 15) is 13.2 Å². The van der Waals surface area contributed by atoms with E-state index >= 15 is 0 Å². The molecule has 0 bridgehead atoms. The smallest absolute Gasteiger partial charge is 0.244 e. The normalized spacial score (nSPS) is 15.6. The minimum atomic E-state index is -3.70. The Labute approximate surface area is 196 Å². The number of hydrogen-bond acceptors (Lipinski definition) is 6. The number of carbonyl (C=O) groups excluding carboxylic acids is 1. The first-order valence-corrected chi connectivity index (χ1v) is 13.0. The first-order valence-electron chi connectivity index (χ1n) is 11.1. The Hall–Kier alpha value is -2.62. The number of amides is 1. The quantitative estimate of drug-likeness (QED) is 0.568. The molecule has 8 nitrogen and oxygen atoms in total. The van der Waals surface area contributed by atoms with Gasteiger partial charge in [0.25, 0.3) is 0 Å². The molecule has 0 radical (unpaired) electrons. The standard InChI is InChI=1S/C24H33N3O5S/c1-4-23(27(33(3,29)30)21-6-5-7-22(16-21)31-2)24(28)25-17-19-8-10-20(11-9-19)18-26-12-14-32-15-13-26/h5-11,16,23H,4,12-15,17-18H2,1-3H3,(H,25,28). The lowest BCUT2D eigenvalue weighted by atomic mass is 10.1. The summed E-state index contributed by atoms with van der Waals surface area (Å²) in [6.45, 7) is 6.39. The van der Waals surface area contributed by atoms with Crippen molar-refractivity contribution in [3.8, 4) is 5.75 Å². The topological polar surface area (TPSA) is 88.2 Å². The van der Waals surface area contributed by atoms with Gasteiger partial charge in [-0.3, -0.25) is 14.0 Å². The predicted molar refractivity (Wildman–Crippen MR) is 129 cm³/mol. The summed E-state index contributed by atoms with van der Waals surface area (Å²) < 4.78 is 37.0. The summed E-state index contributed by atoms with van der Waals surface area (Å²) in [7, 11) is -2.18. The van der Waals surface area contributed by atoms with Gasteiger partial charge in [-0.15, -0.1) is 0 Å². The van der Waals surface area contributed by atoms with Crippen LogP contribution in [0.4, 0.5) is 5.69 Å². The fourth-order valence-corrected chi connectivity index (χ4v) is 5.10. The number of ether oxygens (including phenoxy) is 2. The molecule has 0 saturated carbocycles. The van der Waals surface area contributed by atoms with E-state index in [1.165, 1.54) is 12.7 Å². The zero-order chi connectivity index (χ0) is 23.8. The molecule has 0 aromatic heterocycles. The maximum atomic E-state index is 13.0. The molecule has 9 heteroatoms. The molecular weight excluding hydrogens is 442 g/mol. The van der Waals surface area contributed by atoms with Crippen LogP contribution in [0.15, 0.2) is 48.5 Å². The molecule has 1 saturated heterocycles. The lowest BCUT2D eigenvalue weighted by Crippen LogP contribution is -2.49. The third kappa shape index (κ3) is 6.93. The zero-order valence-corrected chi connectivity index (χ0v) is 20.3. The number of nitrogens with zero attached hydrogens (tertiary/aromatic N) is 2. The summed E-state index contributed by atoms with van der Waals surface area (Å²) in [6, 6.07) is 14.0. The molecule has 0 spiro atoms. The number of nitrogens with one attached hydrogen (secondary N) is 1. The van der Waals surface area contributed by atoms with Gasteiger partial charge in [-0.25, -0.2) is 8.42 Å². The molecule has 2 aromatic rings. The highest BCUT2D eigenvalue weighted by Crippen LogP contribution is 2.26. The molecule has 1 amide bonds. The summed E-state index contributed by atoms with van der Waals surface area (Å²) in [5, 5.41) is 2.90. The van der Waals surface area contributed by atoms with Crippen LogP contribution in [0.25, 0.3) is 0 Å². The Morgan fingerprint density at radius 3 is 2.42 bits per heavy atom. The van der Waals surface area contributed by atoms with Crippen LogP contribution >= 0.6 is 0 Å². The molecule has 0 aliphatic carbocycles. The zero-order valence-electron chi connectivity index (χ0n) is 19.5. The minimum Gasteiger partial charge on any atom is -0.497 e. The SMILES string of the molecule is CCC(C(=O)NCc1ccc(CN2CCOCC2)cc1)N(c1cccc(OC)c1)S(C)(=O)=O. The Balaban J connectivity index is 1.66. The Morgan fingerprint density at radius 2 is 1.82 bits per heavy atom. The summed E-state index contributed by atoms with van der Waals surface area (Å²) in [6.07, 6.45) is 1.43. The molecule has 1 fully saturated rings. The van der Waals surface area contributed by atoms with Gasteiger partial charge in [-0.05, 0) is 29.7 Å². The van der Waals surface area contributed by atoms with Crippen molar-refractivity contribution in [3.05, 3.63) is 59.7 Å². The van der Waals surface area contributed by atoms with Crippen LogP contribution in [0.3, 0.4) is 0 Å². The predicted octanol–water partition coefficient (Wildman–Crippen LogP) is 2.39. The van der Waals surface area contributed by atoms with E-state index in [-0.39, 0.29) is 5.91 Å². The minimum absolute atomic E-state index is 0.322. The van der Waals surface area contributed by atoms with Gasteiger partial charge in [0.15, 0.2) is 0 Å². The molecule has 33 heavy (non-hydrogen) atoms. The molecule has 3 rings (SSSR count). The second-order valence-electron chi connectivity index (χ2n) is 8.11. The van der Waals surface area contributed by atoms with Crippen LogP contribution in [-0.2, 0) is 32.6 Å². The summed E-state index contributed by atoms with van der Waals surface area (Å²) >= 11 is 0. The van der Waals surface area contributed by atoms with E-state index in [1.54, 1.807) is 31.2 Å². The summed E-state index contributed by atoms with van der Waals surface area (Å²) in [5.74, 6) is 0.178. The van der Waals surface area contributed by atoms with Crippen LogP contribution in [0, 0.1) is 0 Å². The van der Waals surface area contributed by atoms with Crippen LogP contribution in [0.1, 0.15) is 24.5 Å². The molecule has 1 N–H and O–H groups in total. The molecule has 2 aromatic carbocycles. The van der Waals surface area contributed by atoms with Crippen LogP contribution in [0.2, 0.25) is 0 Å².